The largest absolute Gasteiger partial charge is 0.350 e. The van der Waals surface area contributed by atoms with E-state index in [-0.39, 0.29) is 5.91 Å². The number of aromatic amines is 1. The maximum absolute atomic E-state index is 12.2. The zero-order valence-electron chi connectivity index (χ0n) is 13.1. The Morgan fingerprint density at radius 2 is 1.83 bits per heavy atom. The van der Waals surface area contributed by atoms with Gasteiger partial charge in [0.2, 0.25) is 0 Å². The number of rotatable bonds is 5. The van der Waals surface area contributed by atoms with Gasteiger partial charge in [-0.25, -0.2) is 8.42 Å². The van der Waals surface area contributed by atoms with E-state index >= 15 is 0 Å². The molecule has 3 aromatic rings. The predicted molar refractivity (Wildman–Crippen MR) is 91.7 cm³/mol. The van der Waals surface area contributed by atoms with Crippen LogP contribution in [-0.4, -0.2) is 37.3 Å². The molecule has 6 nitrogen and oxygen atoms in total. The van der Waals surface area contributed by atoms with Crippen LogP contribution in [0.2, 0.25) is 0 Å². The number of hydrogen-bond donors (Lipinski definition) is 2. The van der Waals surface area contributed by atoms with Gasteiger partial charge in [-0.15, -0.1) is 0 Å². The fourth-order valence-corrected chi connectivity index (χ4v) is 3.07. The summed E-state index contributed by atoms with van der Waals surface area (Å²) in [5.41, 5.74) is 2.15. The fourth-order valence-electron chi connectivity index (χ4n) is 2.44. The highest BCUT2D eigenvalue weighted by molar-refractivity contribution is 7.90. The van der Waals surface area contributed by atoms with Crippen LogP contribution in [0.4, 0.5) is 0 Å². The Morgan fingerprint density at radius 3 is 2.54 bits per heavy atom. The number of para-hydroxylation sites is 1. The quantitative estimate of drug-likeness (QED) is 0.740. The fraction of sp³-hybridized carbons (Fsp3) is 0.176. The minimum atomic E-state index is -3.19. The predicted octanol–water partition coefficient (Wildman–Crippen LogP) is 1.94. The molecule has 1 amide bonds. The lowest BCUT2D eigenvalue weighted by atomic mass is 10.1. The Bertz CT molecular complexity index is 976. The van der Waals surface area contributed by atoms with Crippen molar-refractivity contribution in [2.24, 2.45) is 0 Å². The summed E-state index contributed by atoms with van der Waals surface area (Å²) in [6.45, 7) is 0.443. The highest BCUT2D eigenvalue weighted by Gasteiger charge is 2.13. The molecule has 0 saturated heterocycles. The van der Waals surface area contributed by atoms with Gasteiger partial charge in [-0.2, -0.15) is 5.10 Å². The van der Waals surface area contributed by atoms with Gasteiger partial charge in [-0.1, -0.05) is 30.3 Å². The number of amides is 1. The summed E-state index contributed by atoms with van der Waals surface area (Å²) in [4.78, 5) is 12.5. The first-order valence-electron chi connectivity index (χ1n) is 7.45. The van der Waals surface area contributed by atoms with Crippen molar-refractivity contribution in [3.8, 4) is 0 Å². The number of sulfone groups is 1. The van der Waals surface area contributed by atoms with Crippen LogP contribution in [0.15, 0.2) is 53.4 Å². The highest BCUT2D eigenvalue weighted by atomic mass is 32.2. The molecule has 0 bridgehead atoms. The summed E-state index contributed by atoms with van der Waals surface area (Å²) in [5, 5.41) is 10.5. The summed E-state index contributed by atoms with van der Waals surface area (Å²) in [7, 11) is -3.19. The summed E-state index contributed by atoms with van der Waals surface area (Å²) >= 11 is 0. The smallest absolute Gasteiger partial charge is 0.272 e. The molecule has 2 aromatic carbocycles. The second-order valence-electron chi connectivity index (χ2n) is 5.54. The monoisotopic (exact) mass is 343 g/mol. The molecule has 24 heavy (non-hydrogen) atoms. The number of nitrogens with one attached hydrogen (secondary N) is 2. The third-order valence-corrected chi connectivity index (χ3v) is 4.86. The third-order valence-electron chi connectivity index (χ3n) is 3.74. The topological polar surface area (TPSA) is 91.9 Å². The van der Waals surface area contributed by atoms with Gasteiger partial charge in [0.05, 0.1) is 10.4 Å². The van der Waals surface area contributed by atoms with Crippen LogP contribution in [0, 0.1) is 0 Å². The zero-order valence-corrected chi connectivity index (χ0v) is 13.9. The average molecular weight is 343 g/mol. The van der Waals surface area contributed by atoms with Crippen LogP contribution >= 0.6 is 0 Å². The first-order chi connectivity index (χ1) is 11.4. The van der Waals surface area contributed by atoms with E-state index in [0.29, 0.717) is 23.6 Å². The van der Waals surface area contributed by atoms with E-state index < -0.39 is 9.84 Å². The van der Waals surface area contributed by atoms with Crippen LogP contribution in [0.1, 0.15) is 16.1 Å². The molecule has 0 saturated carbocycles. The van der Waals surface area contributed by atoms with Crippen molar-refractivity contribution in [1.29, 1.82) is 0 Å². The molecule has 2 N–H and O–H groups in total. The molecule has 1 heterocycles. The Morgan fingerprint density at radius 1 is 1.12 bits per heavy atom. The van der Waals surface area contributed by atoms with Gasteiger partial charge >= 0.3 is 0 Å². The molecule has 0 atom stereocenters. The lowest BCUT2D eigenvalue weighted by Crippen LogP contribution is -2.26. The van der Waals surface area contributed by atoms with Crippen molar-refractivity contribution in [2.75, 3.05) is 12.8 Å². The first-order valence-corrected chi connectivity index (χ1v) is 9.34. The van der Waals surface area contributed by atoms with E-state index in [2.05, 4.69) is 15.5 Å². The van der Waals surface area contributed by atoms with Crippen molar-refractivity contribution in [3.63, 3.8) is 0 Å². The molecule has 0 aliphatic heterocycles. The lowest BCUT2D eigenvalue weighted by molar-refractivity contribution is 0.0950. The van der Waals surface area contributed by atoms with Crippen molar-refractivity contribution >= 4 is 26.6 Å². The first kappa shape index (κ1) is 16.2. The van der Waals surface area contributed by atoms with Gasteiger partial charge in [-0.05, 0) is 30.2 Å². The number of carbonyl (C=O) groups is 1. The number of benzene rings is 2. The molecule has 0 spiro atoms. The SMILES string of the molecule is CS(=O)(=O)c1ccc(CCNC(=O)c2n[nH]c3ccccc23)cc1. The average Bonchev–Trinajstić information content (AvgIpc) is 2.98. The van der Waals surface area contributed by atoms with E-state index in [4.69, 9.17) is 0 Å². The van der Waals surface area contributed by atoms with Crippen LogP contribution in [0.25, 0.3) is 10.9 Å². The van der Waals surface area contributed by atoms with E-state index in [1.54, 1.807) is 24.3 Å². The van der Waals surface area contributed by atoms with Crippen LogP contribution < -0.4 is 5.32 Å². The van der Waals surface area contributed by atoms with Crippen LogP contribution in [0.5, 0.6) is 0 Å². The van der Waals surface area contributed by atoms with Crippen molar-refractivity contribution < 1.29 is 13.2 Å². The molecule has 1 aromatic heterocycles. The molecule has 0 radical (unpaired) electrons. The molecule has 0 aliphatic carbocycles. The maximum atomic E-state index is 12.2. The van der Waals surface area contributed by atoms with E-state index in [1.165, 1.54) is 6.26 Å². The second kappa shape index (κ2) is 6.45. The molecule has 7 heteroatoms. The van der Waals surface area contributed by atoms with Crippen molar-refractivity contribution in [3.05, 3.63) is 59.8 Å². The summed E-state index contributed by atoms with van der Waals surface area (Å²) < 4.78 is 22.8. The number of aromatic nitrogens is 2. The number of H-pyrrole nitrogens is 1. The highest BCUT2D eigenvalue weighted by Crippen LogP contribution is 2.15. The Kier molecular flexibility index (Phi) is 4.35. The van der Waals surface area contributed by atoms with E-state index in [1.807, 2.05) is 24.3 Å². The molecule has 124 valence electrons. The normalized spacial score (nSPS) is 11.5. The van der Waals surface area contributed by atoms with Gasteiger partial charge < -0.3 is 5.32 Å². The summed E-state index contributed by atoms with van der Waals surface area (Å²) in [6.07, 6.45) is 1.79. The molecule has 3 rings (SSSR count). The number of fused-ring (bicyclic) bond motifs is 1. The minimum Gasteiger partial charge on any atom is -0.350 e. The Balaban J connectivity index is 1.61. The number of nitrogens with zero attached hydrogens (tertiary/aromatic N) is 1. The van der Waals surface area contributed by atoms with Crippen molar-refractivity contribution in [1.82, 2.24) is 15.5 Å². The molecule has 0 fully saturated rings. The van der Waals surface area contributed by atoms with Crippen LogP contribution in [-0.2, 0) is 16.3 Å². The Labute approximate surface area is 139 Å². The summed E-state index contributed by atoms with van der Waals surface area (Å²) in [5.74, 6) is -0.236. The second-order valence-corrected chi connectivity index (χ2v) is 7.56. The zero-order chi connectivity index (χ0) is 17.2. The van der Waals surface area contributed by atoms with Gasteiger partial charge in [0.15, 0.2) is 15.5 Å². The van der Waals surface area contributed by atoms with Gasteiger partial charge in [0.1, 0.15) is 0 Å². The van der Waals surface area contributed by atoms with Gasteiger partial charge in [-0.3, -0.25) is 9.89 Å². The Hall–Kier alpha value is -2.67. The summed E-state index contributed by atoms with van der Waals surface area (Å²) in [6, 6.07) is 14.1. The standard InChI is InChI=1S/C17H17N3O3S/c1-24(22,23)13-8-6-12(7-9-13)10-11-18-17(21)16-14-4-2-3-5-15(14)19-20-16/h2-9H,10-11H2,1H3,(H,18,21)(H,19,20). The van der Waals surface area contributed by atoms with E-state index in [9.17, 15) is 13.2 Å². The molecule has 0 unspecified atom stereocenters. The van der Waals surface area contributed by atoms with Gasteiger partial charge in [0, 0.05) is 18.2 Å². The maximum Gasteiger partial charge on any atom is 0.272 e. The van der Waals surface area contributed by atoms with E-state index in [0.717, 1.165) is 16.5 Å². The third kappa shape index (κ3) is 3.46. The minimum absolute atomic E-state index is 0.236. The number of hydrogen-bond acceptors (Lipinski definition) is 4. The number of carbonyl (C=O) groups excluding carboxylic acids is 1. The molecule has 0 aliphatic rings. The molecular formula is C17H17N3O3S. The van der Waals surface area contributed by atoms with Crippen molar-refractivity contribution in [2.45, 2.75) is 11.3 Å². The van der Waals surface area contributed by atoms with Crippen LogP contribution in [0.3, 0.4) is 0 Å². The lowest BCUT2D eigenvalue weighted by Gasteiger charge is -2.05. The van der Waals surface area contributed by atoms with Gasteiger partial charge in [0.25, 0.3) is 5.91 Å². The molecular weight excluding hydrogens is 326 g/mol.